The maximum Gasteiger partial charge on any atom is 0.262 e. The average Bonchev–Trinajstić information content (AvgIpc) is 2.84. The molecule has 31 heavy (non-hydrogen) atoms. The summed E-state index contributed by atoms with van der Waals surface area (Å²) in [5, 5.41) is 2.94. The third-order valence-corrected chi connectivity index (χ3v) is 4.73. The Balaban J connectivity index is 1.30. The topological polar surface area (TPSA) is 47.6 Å². The number of nitrogens with one attached hydrogen (secondary N) is 1. The van der Waals surface area contributed by atoms with Crippen molar-refractivity contribution in [2.24, 2.45) is 0 Å². The molecule has 0 atom stereocenters. The van der Waals surface area contributed by atoms with E-state index in [1.54, 1.807) is 12.1 Å². The van der Waals surface area contributed by atoms with E-state index in [4.69, 9.17) is 9.47 Å². The molecule has 4 heteroatoms. The van der Waals surface area contributed by atoms with Crippen molar-refractivity contribution in [3.05, 3.63) is 115 Å². The molecule has 0 radical (unpaired) electrons. The van der Waals surface area contributed by atoms with Gasteiger partial charge in [0.2, 0.25) is 0 Å². The minimum atomic E-state index is -0.215. The van der Waals surface area contributed by atoms with Gasteiger partial charge in [-0.25, -0.2) is 0 Å². The van der Waals surface area contributed by atoms with E-state index in [0.29, 0.717) is 12.4 Å². The van der Waals surface area contributed by atoms with E-state index in [1.165, 1.54) is 0 Å². The van der Waals surface area contributed by atoms with Crippen molar-refractivity contribution >= 4 is 11.6 Å². The molecule has 1 amide bonds. The van der Waals surface area contributed by atoms with Gasteiger partial charge in [-0.3, -0.25) is 4.79 Å². The lowest BCUT2D eigenvalue weighted by Gasteiger charge is -2.12. The maximum atomic E-state index is 12.4. The molecule has 154 valence electrons. The van der Waals surface area contributed by atoms with Gasteiger partial charge in [0.05, 0.1) is 0 Å². The summed E-state index contributed by atoms with van der Waals surface area (Å²) in [6, 6.07) is 34.9. The minimum absolute atomic E-state index is 0.0760. The Bertz CT molecular complexity index is 1110. The van der Waals surface area contributed by atoms with Gasteiger partial charge in [0.15, 0.2) is 6.61 Å². The summed E-state index contributed by atoms with van der Waals surface area (Å²) in [6.07, 6.45) is 0. The third-order valence-electron chi connectivity index (χ3n) is 4.73. The van der Waals surface area contributed by atoms with E-state index in [0.717, 1.165) is 28.1 Å². The highest BCUT2D eigenvalue weighted by molar-refractivity contribution is 5.96. The van der Waals surface area contributed by atoms with Crippen LogP contribution in [0.2, 0.25) is 0 Å². The van der Waals surface area contributed by atoms with Gasteiger partial charge in [0, 0.05) is 11.3 Å². The van der Waals surface area contributed by atoms with Crippen LogP contribution in [0.4, 0.5) is 5.69 Å². The van der Waals surface area contributed by atoms with E-state index >= 15 is 0 Å². The zero-order valence-corrected chi connectivity index (χ0v) is 17.0. The van der Waals surface area contributed by atoms with Crippen LogP contribution in [0.15, 0.2) is 109 Å². The number of rotatable bonds is 8. The summed E-state index contributed by atoms with van der Waals surface area (Å²) in [6.45, 7) is 0.428. The van der Waals surface area contributed by atoms with Gasteiger partial charge in [0.1, 0.15) is 18.1 Å². The summed E-state index contributed by atoms with van der Waals surface area (Å²) in [4.78, 5) is 12.4. The summed E-state index contributed by atoms with van der Waals surface area (Å²) >= 11 is 0. The lowest BCUT2D eigenvalue weighted by atomic mass is 10.0. The second-order valence-electron chi connectivity index (χ2n) is 6.99. The smallest absolute Gasteiger partial charge is 0.262 e. The van der Waals surface area contributed by atoms with Crippen molar-refractivity contribution in [1.29, 1.82) is 0 Å². The molecular weight excluding hydrogens is 386 g/mol. The van der Waals surface area contributed by atoms with Crippen molar-refractivity contribution in [2.75, 3.05) is 11.9 Å². The highest BCUT2D eigenvalue weighted by Crippen LogP contribution is 2.27. The first-order chi connectivity index (χ1) is 15.3. The highest BCUT2D eigenvalue weighted by Gasteiger charge is 2.09. The molecule has 0 aromatic heterocycles. The number of amides is 1. The number of ether oxygens (including phenoxy) is 2. The van der Waals surface area contributed by atoms with Gasteiger partial charge in [-0.15, -0.1) is 0 Å². The van der Waals surface area contributed by atoms with Gasteiger partial charge >= 0.3 is 0 Å². The van der Waals surface area contributed by atoms with Crippen LogP contribution in [-0.2, 0) is 11.4 Å². The van der Waals surface area contributed by atoms with Crippen LogP contribution in [0.3, 0.4) is 0 Å². The van der Waals surface area contributed by atoms with Crippen LogP contribution in [0.1, 0.15) is 5.56 Å². The molecule has 4 nitrogen and oxygen atoms in total. The minimum Gasteiger partial charge on any atom is -0.489 e. The molecule has 0 aliphatic rings. The number of para-hydroxylation sites is 1. The Morgan fingerprint density at radius 2 is 1.23 bits per heavy atom. The number of hydrogen-bond acceptors (Lipinski definition) is 3. The van der Waals surface area contributed by atoms with Crippen molar-refractivity contribution in [3.63, 3.8) is 0 Å². The number of benzene rings is 4. The first-order valence-corrected chi connectivity index (χ1v) is 10.1. The zero-order valence-electron chi connectivity index (χ0n) is 17.0. The average molecular weight is 409 g/mol. The monoisotopic (exact) mass is 409 g/mol. The Labute approximate surface area is 182 Å². The molecule has 0 fully saturated rings. The molecule has 0 spiro atoms. The predicted octanol–water partition coefficient (Wildman–Crippen LogP) is 5.95. The standard InChI is InChI=1S/C27H23NO3/c29-27(28-26-14-8-7-13-25(26)22-11-5-2-6-12-22)20-31-24-17-15-23(16-18-24)30-19-21-9-3-1-4-10-21/h1-18H,19-20H2,(H,28,29). The Hall–Kier alpha value is -4.05. The molecule has 4 aromatic rings. The van der Waals surface area contributed by atoms with Crippen LogP contribution in [0.25, 0.3) is 11.1 Å². The lowest BCUT2D eigenvalue weighted by Crippen LogP contribution is -2.20. The Morgan fingerprint density at radius 1 is 0.645 bits per heavy atom. The van der Waals surface area contributed by atoms with Crippen LogP contribution >= 0.6 is 0 Å². The van der Waals surface area contributed by atoms with E-state index in [9.17, 15) is 4.79 Å². The molecule has 4 aromatic carbocycles. The lowest BCUT2D eigenvalue weighted by molar-refractivity contribution is -0.118. The molecule has 0 unspecified atom stereocenters. The first-order valence-electron chi connectivity index (χ1n) is 10.1. The van der Waals surface area contributed by atoms with Gasteiger partial charge < -0.3 is 14.8 Å². The zero-order chi connectivity index (χ0) is 21.3. The third kappa shape index (κ3) is 5.73. The molecule has 0 aliphatic heterocycles. The SMILES string of the molecule is O=C(COc1ccc(OCc2ccccc2)cc1)Nc1ccccc1-c1ccccc1. The van der Waals surface area contributed by atoms with Gasteiger partial charge in [-0.05, 0) is 41.5 Å². The fourth-order valence-corrected chi connectivity index (χ4v) is 3.17. The fraction of sp³-hybridized carbons (Fsp3) is 0.0741. The number of hydrogen-bond donors (Lipinski definition) is 1. The number of carbonyl (C=O) groups is 1. The molecular formula is C27H23NO3. The predicted molar refractivity (Wildman–Crippen MR) is 123 cm³/mol. The molecule has 0 bridgehead atoms. The highest BCUT2D eigenvalue weighted by atomic mass is 16.5. The van der Waals surface area contributed by atoms with Crippen molar-refractivity contribution < 1.29 is 14.3 Å². The summed E-state index contributed by atoms with van der Waals surface area (Å²) < 4.78 is 11.4. The van der Waals surface area contributed by atoms with Crippen LogP contribution in [0.5, 0.6) is 11.5 Å². The largest absolute Gasteiger partial charge is 0.489 e. The van der Waals surface area contributed by atoms with E-state index < -0.39 is 0 Å². The van der Waals surface area contributed by atoms with E-state index in [1.807, 2.05) is 97.1 Å². The molecule has 0 aliphatic carbocycles. The van der Waals surface area contributed by atoms with Crippen LogP contribution in [0, 0.1) is 0 Å². The normalized spacial score (nSPS) is 10.3. The Morgan fingerprint density at radius 3 is 1.94 bits per heavy atom. The van der Waals surface area contributed by atoms with Crippen molar-refractivity contribution in [1.82, 2.24) is 0 Å². The second-order valence-corrected chi connectivity index (χ2v) is 6.99. The maximum absolute atomic E-state index is 12.4. The molecule has 0 heterocycles. The van der Waals surface area contributed by atoms with Crippen molar-refractivity contribution in [3.8, 4) is 22.6 Å². The molecule has 0 saturated carbocycles. The fourth-order valence-electron chi connectivity index (χ4n) is 3.17. The first kappa shape index (κ1) is 20.2. The summed E-state index contributed by atoms with van der Waals surface area (Å²) in [7, 11) is 0. The molecule has 4 rings (SSSR count). The van der Waals surface area contributed by atoms with Crippen LogP contribution in [-0.4, -0.2) is 12.5 Å². The quantitative estimate of drug-likeness (QED) is 0.391. The number of anilines is 1. The van der Waals surface area contributed by atoms with E-state index in [-0.39, 0.29) is 12.5 Å². The van der Waals surface area contributed by atoms with Crippen LogP contribution < -0.4 is 14.8 Å². The van der Waals surface area contributed by atoms with Gasteiger partial charge in [-0.2, -0.15) is 0 Å². The summed E-state index contributed by atoms with van der Waals surface area (Å²) in [5.41, 5.74) is 3.88. The molecule has 1 N–H and O–H groups in total. The summed E-state index contributed by atoms with van der Waals surface area (Å²) in [5.74, 6) is 1.14. The van der Waals surface area contributed by atoms with Crippen molar-refractivity contribution in [2.45, 2.75) is 6.61 Å². The number of carbonyl (C=O) groups excluding carboxylic acids is 1. The Kier molecular flexibility index (Phi) is 6.61. The second kappa shape index (κ2) is 10.1. The van der Waals surface area contributed by atoms with Gasteiger partial charge in [0.25, 0.3) is 5.91 Å². The van der Waals surface area contributed by atoms with Gasteiger partial charge in [-0.1, -0.05) is 78.9 Å². The van der Waals surface area contributed by atoms with E-state index in [2.05, 4.69) is 5.32 Å². The molecule has 0 saturated heterocycles.